The topological polar surface area (TPSA) is 83.5 Å². The Hall–Kier alpha value is -4.30. The molecule has 0 saturated heterocycles. The molecule has 5 rings (SSSR count). The molecular formula is C27H23ClN4O4. The number of fused-ring (bicyclic) bond motifs is 1. The van der Waals surface area contributed by atoms with E-state index in [0.717, 1.165) is 11.1 Å². The number of nitrogens with zero attached hydrogens (tertiary/aromatic N) is 3. The average molecular weight is 503 g/mol. The van der Waals surface area contributed by atoms with Gasteiger partial charge in [-0.2, -0.15) is 0 Å². The average Bonchev–Trinajstić information content (AvgIpc) is 3.23. The highest BCUT2D eigenvalue weighted by molar-refractivity contribution is 6.30. The molecule has 2 aliphatic rings. The number of ether oxygens (including phenoxy) is 2. The van der Waals surface area contributed by atoms with Crippen molar-refractivity contribution in [1.29, 1.82) is 0 Å². The Morgan fingerprint density at radius 3 is 2.56 bits per heavy atom. The molecule has 0 radical (unpaired) electrons. The van der Waals surface area contributed by atoms with Gasteiger partial charge in [-0.05, 0) is 47.5 Å². The molecule has 1 N–H and O–H groups in total. The van der Waals surface area contributed by atoms with Gasteiger partial charge in [0.2, 0.25) is 5.76 Å². The molecule has 3 aromatic carbocycles. The summed E-state index contributed by atoms with van der Waals surface area (Å²) < 4.78 is 11.4. The van der Waals surface area contributed by atoms with Crippen LogP contribution in [-0.4, -0.2) is 40.8 Å². The molecule has 0 bridgehead atoms. The van der Waals surface area contributed by atoms with Crippen LogP contribution in [0.25, 0.3) is 0 Å². The van der Waals surface area contributed by atoms with E-state index < -0.39 is 11.9 Å². The van der Waals surface area contributed by atoms with Crippen LogP contribution in [0.3, 0.4) is 0 Å². The van der Waals surface area contributed by atoms with Crippen molar-refractivity contribution in [1.82, 2.24) is 9.80 Å². The number of nitrogens with one attached hydrogen (secondary N) is 1. The fraction of sp³-hybridized carbons (Fsp3) is 0.148. The first-order valence-electron chi connectivity index (χ1n) is 11.4. The quantitative estimate of drug-likeness (QED) is 0.490. The van der Waals surface area contributed by atoms with Crippen molar-refractivity contribution in [3.8, 4) is 5.75 Å². The molecule has 0 aromatic heterocycles. The highest BCUT2D eigenvalue weighted by atomic mass is 35.5. The molecule has 0 fully saturated rings. The van der Waals surface area contributed by atoms with Gasteiger partial charge in [0, 0.05) is 30.3 Å². The molecule has 8 nitrogen and oxygen atoms in total. The van der Waals surface area contributed by atoms with Crippen molar-refractivity contribution < 1.29 is 19.1 Å². The standard InChI is InChI=1S/C27H23ClN4O4/c28-21-8-4-7-20(15-21)16-31-13-14-32-17-24(36-27(32)30-26(31)34)25(33)29-22-9-11-23(12-10-22)35-18-19-5-2-1-3-6-19/h1-12,15,17H,13-14,16,18H2,(H,29,33). The van der Waals surface area contributed by atoms with Gasteiger partial charge < -0.3 is 19.7 Å². The van der Waals surface area contributed by atoms with E-state index in [1.807, 2.05) is 48.5 Å². The molecule has 0 saturated carbocycles. The minimum Gasteiger partial charge on any atom is -0.489 e. The predicted octanol–water partition coefficient (Wildman–Crippen LogP) is 5.02. The lowest BCUT2D eigenvalue weighted by molar-refractivity contribution is -0.114. The van der Waals surface area contributed by atoms with Crippen LogP contribution in [0.4, 0.5) is 10.5 Å². The first kappa shape index (κ1) is 23.4. The lowest BCUT2D eigenvalue weighted by atomic mass is 10.2. The maximum absolute atomic E-state index is 12.7. The number of anilines is 1. The van der Waals surface area contributed by atoms with E-state index in [9.17, 15) is 9.59 Å². The molecule has 0 spiro atoms. The van der Waals surface area contributed by atoms with Crippen molar-refractivity contribution in [2.24, 2.45) is 4.99 Å². The fourth-order valence-corrected chi connectivity index (χ4v) is 3.99. The first-order chi connectivity index (χ1) is 17.5. The maximum Gasteiger partial charge on any atom is 0.348 e. The number of rotatable bonds is 7. The molecule has 9 heteroatoms. The Balaban J connectivity index is 1.16. The van der Waals surface area contributed by atoms with E-state index in [1.165, 1.54) is 0 Å². The van der Waals surface area contributed by atoms with Crippen LogP contribution < -0.4 is 10.1 Å². The largest absolute Gasteiger partial charge is 0.489 e. The van der Waals surface area contributed by atoms with E-state index in [0.29, 0.717) is 42.7 Å². The predicted molar refractivity (Wildman–Crippen MR) is 136 cm³/mol. The summed E-state index contributed by atoms with van der Waals surface area (Å²) in [4.78, 5) is 32.7. The Morgan fingerprint density at radius 1 is 1.00 bits per heavy atom. The molecule has 0 aliphatic carbocycles. The van der Waals surface area contributed by atoms with Gasteiger partial charge in [0.1, 0.15) is 12.4 Å². The molecule has 3 amide bonds. The smallest absolute Gasteiger partial charge is 0.348 e. The van der Waals surface area contributed by atoms with Gasteiger partial charge in [0.15, 0.2) is 0 Å². The molecule has 2 heterocycles. The molecule has 3 aromatic rings. The molecular weight excluding hydrogens is 480 g/mol. The summed E-state index contributed by atoms with van der Waals surface area (Å²) in [7, 11) is 0. The van der Waals surface area contributed by atoms with Crippen LogP contribution in [0.2, 0.25) is 5.02 Å². The number of hydrogen-bond acceptors (Lipinski definition) is 5. The SMILES string of the molecule is O=C(Nc1ccc(OCc2ccccc2)cc1)C1=CN2CCN(Cc3cccc(Cl)c3)C(=O)N=C2O1. The molecule has 36 heavy (non-hydrogen) atoms. The summed E-state index contributed by atoms with van der Waals surface area (Å²) in [6.45, 7) is 1.69. The van der Waals surface area contributed by atoms with Gasteiger partial charge in [-0.1, -0.05) is 54.1 Å². The Bertz CT molecular complexity index is 1330. The van der Waals surface area contributed by atoms with Gasteiger partial charge in [-0.25, -0.2) is 4.79 Å². The van der Waals surface area contributed by atoms with Gasteiger partial charge in [0.05, 0.1) is 6.20 Å². The third kappa shape index (κ3) is 5.67. The second kappa shape index (κ2) is 10.5. The van der Waals surface area contributed by atoms with E-state index in [1.54, 1.807) is 46.3 Å². The van der Waals surface area contributed by atoms with E-state index in [4.69, 9.17) is 21.1 Å². The zero-order valence-corrected chi connectivity index (χ0v) is 20.0. The maximum atomic E-state index is 12.7. The molecule has 0 unspecified atom stereocenters. The number of amides is 3. The van der Waals surface area contributed by atoms with Crippen molar-refractivity contribution in [3.05, 3.63) is 107 Å². The Labute approximate surface area is 213 Å². The van der Waals surface area contributed by atoms with Crippen molar-refractivity contribution in [2.45, 2.75) is 13.2 Å². The summed E-state index contributed by atoms with van der Waals surface area (Å²) in [5.74, 6) is 0.318. The highest BCUT2D eigenvalue weighted by Crippen LogP contribution is 2.22. The normalized spacial score (nSPS) is 14.9. The van der Waals surface area contributed by atoms with Crippen LogP contribution in [0.15, 0.2) is 95.8 Å². The van der Waals surface area contributed by atoms with Gasteiger partial charge in [-0.15, -0.1) is 4.99 Å². The van der Waals surface area contributed by atoms with Crippen LogP contribution in [0.1, 0.15) is 11.1 Å². The zero-order chi connectivity index (χ0) is 24.9. The summed E-state index contributed by atoms with van der Waals surface area (Å²) >= 11 is 6.05. The van der Waals surface area contributed by atoms with Gasteiger partial charge in [0.25, 0.3) is 5.91 Å². The van der Waals surface area contributed by atoms with E-state index in [2.05, 4.69) is 10.3 Å². The first-order valence-corrected chi connectivity index (χ1v) is 11.8. The molecule has 182 valence electrons. The van der Waals surface area contributed by atoms with Crippen molar-refractivity contribution >= 4 is 35.2 Å². The number of halogens is 1. The lowest BCUT2D eigenvalue weighted by Crippen LogP contribution is -2.31. The highest BCUT2D eigenvalue weighted by Gasteiger charge is 2.31. The summed E-state index contributed by atoms with van der Waals surface area (Å²) in [6, 6.07) is 23.9. The number of urea groups is 1. The monoisotopic (exact) mass is 502 g/mol. The summed E-state index contributed by atoms with van der Waals surface area (Å²) in [5.41, 5.74) is 2.57. The second-order valence-electron chi connectivity index (χ2n) is 8.27. The Morgan fingerprint density at radius 2 is 1.78 bits per heavy atom. The Kier molecular flexibility index (Phi) is 6.86. The van der Waals surface area contributed by atoms with Gasteiger partial charge in [-0.3, -0.25) is 9.69 Å². The third-order valence-electron chi connectivity index (χ3n) is 5.64. The number of hydrogen-bond donors (Lipinski definition) is 1. The minimum atomic E-state index is -0.438. The van der Waals surface area contributed by atoms with E-state index in [-0.39, 0.29) is 11.8 Å². The second-order valence-corrected chi connectivity index (χ2v) is 8.71. The fourth-order valence-electron chi connectivity index (χ4n) is 3.78. The molecule has 2 aliphatic heterocycles. The number of amidine groups is 1. The number of carbonyl (C=O) groups is 2. The summed E-state index contributed by atoms with van der Waals surface area (Å²) in [5, 5.41) is 3.40. The van der Waals surface area contributed by atoms with Crippen molar-refractivity contribution in [2.75, 3.05) is 18.4 Å². The third-order valence-corrected chi connectivity index (χ3v) is 5.87. The minimum absolute atomic E-state index is 0.0641. The van der Waals surface area contributed by atoms with Crippen LogP contribution in [-0.2, 0) is 22.7 Å². The number of benzene rings is 3. The zero-order valence-electron chi connectivity index (χ0n) is 19.3. The summed E-state index contributed by atoms with van der Waals surface area (Å²) in [6.07, 6.45) is 1.56. The van der Waals surface area contributed by atoms with E-state index >= 15 is 0 Å². The van der Waals surface area contributed by atoms with Crippen LogP contribution >= 0.6 is 11.6 Å². The lowest BCUT2D eigenvalue weighted by Gasteiger charge is -2.19. The molecule has 0 atom stereocenters. The number of aliphatic imine (C=N–C) groups is 1. The van der Waals surface area contributed by atoms with Gasteiger partial charge >= 0.3 is 12.1 Å². The number of carbonyl (C=O) groups excluding carboxylic acids is 2. The van der Waals surface area contributed by atoms with Crippen LogP contribution in [0.5, 0.6) is 5.75 Å². The van der Waals surface area contributed by atoms with Crippen LogP contribution in [0, 0.1) is 0 Å². The van der Waals surface area contributed by atoms with Crippen molar-refractivity contribution in [3.63, 3.8) is 0 Å².